The van der Waals surface area contributed by atoms with Gasteiger partial charge in [0.05, 0.1) is 31.6 Å². The van der Waals surface area contributed by atoms with Crippen molar-refractivity contribution in [3.05, 3.63) is 24.3 Å². The molecular weight excluding hydrogens is 387 g/mol. The van der Waals surface area contributed by atoms with E-state index < -0.39 is 11.4 Å². The number of rotatable bonds is 13. The molecule has 0 spiro atoms. The molecule has 0 amide bonds. The third kappa shape index (κ3) is 9.09. The molecule has 0 aliphatic heterocycles. The first-order valence-electron chi connectivity index (χ1n) is 7.41. The van der Waals surface area contributed by atoms with Crippen LogP contribution in [0.3, 0.4) is 0 Å². The topological polar surface area (TPSA) is 35.5 Å². The van der Waals surface area contributed by atoms with Gasteiger partial charge in [0.25, 0.3) is 0 Å². The minimum atomic E-state index is -1.13. The summed E-state index contributed by atoms with van der Waals surface area (Å²) < 4.78 is 20.0. The number of ether oxygens (including phenoxy) is 1. The van der Waals surface area contributed by atoms with E-state index in [0.717, 1.165) is 58.3 Å². The van der Waals surface area contributed by atoms with Crippen LogP contribution in [-0.4, -0.2) is 63.6 Å². The molecule has 0 saturated heterocycles. The lowest BCUT2D eigenvalue weighted by Gasteiger charge is -2.24. The van der Waals surface area contributed by atoms with E-state index in [4.69, 9.17) is 4.74 Å². The lowest BCUT2D eigenvalue weighted by Crippen LogP contribution is -2.35. The highest BCUT2D eigenvalue weighted by molar-refractivity contribution is 8.00. The van der Waals surface area contributed by atoms with Crippen LogP contribution in [0.15, 0.2) is 29.2 Å². The number of thioether (sulfide) groups is 2. The van der Waals surface area contributed by atoms with E-state index in [-0.39, 0.29) is 0 Å². The fraction of sp³-hybridized carbons (Fsp3) is 0.600. The second kappa shape index (κ2) is 13.9. The summed E-state index contributed by atoms with van der Waals surface area (Å²) in [5.74, 6) is 6.54. The van der Waals surface area contributed by atoms with Gasteiger partial charge in [-0.15, -0.1) is 4.31 Å². The van der Waals surface area contributed by atoms with E-state index in [0.29, 0.717) is 0 Å². The molecule has 1 aromatic carbocycles. The third-order valence-corrected chi connectivity index (χ3v) is 7.43. The summed E-state index contributed by atoms with van der Waals surface area (Å²) in [4.78, 5) is 0.823. The molecule has 1 rings (SSSR count). The Labute approximate surface area is 162 Å². The summed E-state index contributed by atoms with van der Waals surface area (Å²) in [5.41, 5.74) is 0. The maximum absolute atomic E-state index is 12.8. The SMILES string of the molecule is COc1ccc([S+]([O-])N(CCSCCS)CCSCCS)cc1. The predicted octanol–water partition coefficient (Wildman–Crippen LogP) is 3.35. The highest BCUT2D eigenvalue weighted by atomic mass is 32.2. The summed E-state index contributed by atoms with van der Waals surface area (Å²) in [6.07, 6.45) is 0. The molecule has 0 N–H and O–H groups in total. The van der Waals surface area contributed by atoms with Crippen LogP contribution in [-0.2, 0) is 11.4 Å². The van der Waals surface area contributed by atoms with Gasteiger partial charge < -0.3 is 9.29 Å². The molecule has 8 heteroatoms. The summed E-state index contributed by atoms with van der Waals surface area (Å²) in [5, 5.41) is 0. The van der Waals surface area contributed by atoms with Gasteiger partial charge in [0.15, 0.2) is 4.90 Å². The van der Waals surface area contributed by atoms with Crippen LogP contribution in [0.25, 0.3) is 0 Å². The quantitative estimate of drug-likeness (QED) is 0.296. The highest BCUT2D eigenvalue weighted by Crippen LogP contribution is 2.20. The smallest absolute Gasteiger partial charge is 0.174 e. The zero-order valence-corrected chi connectivity index (χ0v) is 17.6. The molecule has 0 bridgehead atoms. The first-order valence-corrected chi connectivity index (χ1v) is 12.1. The van der Waals surface area contributed by atoms with Crippen LogP contribution >= 0.6 is 48.8 Å². The minimum absolute atomic E-state index is 0.783. The van der Waals surface area contributed by atoms with E-state index in [2.05, 4.69) is 29.6 Å². The van der Waals surface area contributed by atoms with Crippen molar-refractivity contribution in [1.82, 2.24) is 4.31 Å². The number of benzene rings is 1. The normalized spacial score (nSPS) is 12.6. The van der Waals surface area contributed by atoms with E-state index in [9.17, 15) is 4.55 Å². The van der Waals surface area contributed by atoms with Crippen molar-refractivity contribution in [3.63, 3.8) is 0 Å². The summed E-state index contributed by atoms with van der Waals surface area (Å²) >= 11 is 11.0. The number of hydrogen-bond donors (Lipinski definition) is 2. The van der Waals surface area contributed by atoms with Gasteiger partial charge >= 0.3 is 0 Å². The van der Waals surface area contributed by atoms with E-state index in [1.807, 2.05) is 47.8 Å². The van der Waals surface area contributed by atoms with Crippen molar-refractivity contribution >= 4 is 60.1 Å². The van der Waals surface area contributed by atoms with Gasteiger partial charge in [-0.1, -0.05) is 0 Å². The maximum atomic E-state index is 12.8. The molecule has 0 aliphatic carbocycles. The van der Waals surface area contributed by atoms with Crippen molar-refractivity contribution in [3.8, 4) is 5.75 Å². The molecule has 0 heterocycles. The molecule has 132 valence electrons. The number of hydrogen-bond acceptors (Lipinski definition) is 7. The van der Waals surface area contributed by atoms with Gasteiger partial charge in [-0.3, -0.25) is 0 Å². The molecule has 0 saturated carbocycles. The van der Waals surface area contributed by atoms with Crippen molar-refractivity contribution in [2.45, 2.75) is 4.90 Å². The Morgan fingerprint density at radius 2 is 1.52 bits per heavy atom. The Morgan fingerprint density at radius 1 is 1.00 bits per heavy atom. The molecule has 1 aromatic rings. The summed E-state index contributed by atoms with van der Waals surface area (Å²) in [6.45, 7) is 1.64. The first-order chi connectivity index (χ1) is 11.2. The molecule has 3 nitrogen and oxygen atoms in total. The number of methoxy groups -OCH3 is 1. The standard InChI is InChI=1S/C15H25NO2S5/c1-18-14-2-4-15(5-3-14)23(17)16(6-10-21-12-8-19)7-11-22-13-9-20/h2-5,19-20H,6-13H2,1H3. The van der Waals surface area contributed by atoms with Crippen LogP contribution in [0.1, 0.15) is 0 Å². The first kappa shape index (κ1) is 21.7. The molecule has 0 aliphatic rings. The van der Waals surface area contributed by atoms with Crippen molar-refractivity contribution in [2.24, 2.45) is 0 Å². The van der Waals surface area contributed by atoms with Gasteiger partial charge in [0.2, 0.25) is 0 Å². The van der Waals surface area contributed by atoms with Crippen LogP contribution in [0.4, 0.5) is 0 Å². The average Bonchev–Trinajstić information content (AvgIpc) is 2.60. The van der Waals surface area contributed by atoms with Gasteiger partial charge in [0, 0.05) is 23.0 Å². The van der Waals surface area contributed by atoms with Crippen molar-refractivity contribution in [1.29, 1.82) is 0 Å². The molecular formula is C15H25NO2S5. The van der Waals surface area contributed by atoms with Crippen LogP contribution in [0.5, 0.6) is 5.75 Å². The Hall–Kier alpha value is 0.690. The monoisotopic (exact) mass is 411 g/mol. The molecule has 1 atom stereocenters. The Balaban J connectivity index is 2.58. The minimum Gasteiger partial charge on any atom is -0.593 e. The summed E-state index contributed by atoms with van der Waals surface area (Å²) in [6, 6.07) is 7.47. The molecule has 0 radical (unpaired) electrons. The molecule has 0 aromatic heterocycles. The van der Waals surface area contributed by atoms with Crippen LogP contribution in [0.2, 0.25) is 0 Å². The molecule has 0 fully saturated rings. The molecule has 23 heavy (non-hydrogen) atoms. The van der Waals surface area contributed by atoms with Crippen LogP contribution in [0, 0.1) is 0 Å². The van der Waals surface area contributed by atoms with Crippen LogP contribution < -0.4 is 4.74 Å². The zero-order valence-electron chi connectivity index (χ0n) is 13.3. The van der Waals surface area contributed by atoms with E-state index >= 15 is 0 Å². The van der Waals surface area contributed by atoms with Crippen molar-refractivity contribution in [2.75, 3.05) is 54.7 Å². The fourth-order valence-electron chi connectivity index (χ4n) is 1.78. The largest absolute Gasteiger partial charge is 0.593 e. The highest BCUT2D eigenvalue weighted by Gasteiger charge is 2.22. The second-order valence-corrected chi connectivity index (χ2v) is 9.36. The second-order valence-electron chi connectivity index (χ2n) is 4.53. The number of nitrogens with zero attached hydrogens (tertiary/aromatic N) is 1. The zero-order chi connectivity index (χ0) is 16.9. The van der Waals surface area contributed by atoms with Gasteiger partial charge in [-0.25, -0.2) is 0 Å². The lowest BCUT2D eigenvalue weighted by atomic mass is 10.3. The Morgan fingerprint density at radius 3 is 1.96 bits per heavy atom. The van der Waals surface area contributed by atoms with Crippen molar-refractivity contribution < 1.29 is 9.29 Å². The van der Waals surface area contributed by atoms with E-state index in [1.165, 1.54) is 0 Å². The van der Waals surface area contributed by atoms with Gasteiger partial charge in [-0.2, -0.15) is 48.8 Å². The van der Waals surface area contributed by atoms with E-state index in [1.54, 1.807) is 7.11 Å². The Kier molecular flexibility index (Phi) is 13.2. The predicted molar refractivity (Wildman–Crippen MR) is 113 cm³/mol. The third-order valence-electron chi connectivity index (χ3n) is 2.94. The van der Waals surface area contributed by atoms with Gasteiger partial charge in [-0.05, 0) is 35.8 Å². The molecule has 1 unspecified atom stereocenters. The maximum Gasteiger partial charge on any atom is 0.174 e. The lowest BCUT2D eigenvalue weighted by molar-refractivity contribution is 0.414. The fourth-order valence-corrected chi connectivity index (χ4v) is 5.34. The Bertz CT molecular complexity index is 395. The van der Waals surface area contributed by atoms with Gasteiger partial charge in [0.1, 0.15) is 5.75 Å². The average molecular weight is 412 g/mol. The number of thiol groups is 2. The summed E-state index contributed by atoms with van der Waals surface area (Å²) in [7, 11) is 1.63.